The largest absolute Gasteiger partial charge is 0.497 e. The Bertz CT molecular complexity index is 618. The van der Waals surface area contributed by atoms with Gasteiger partial charge in [0.1, 0.15) is 5.75 Å². The summed E-state index contributed by atoms with van der Waals surface area (Å²) in [5.41, 5.74) is 1.59. The Morgan fingerprint density at radius 2 is 2.22 bits per heavy atom. The summed E-state index contributed by atoms with van der Waals surface area (Å²) in [6.45, 7) is 0. The fraction of sp³-hybridized carbons (Fsp3) is 0.154. The topological polar surface area (TPSA) is 63.5 Å². The van der Waals surface area contributed by atoms with E-state index in [9.17, 15) is 9.90 Å². The van der Waals surface area contributed by atoms with E-state index in [4.69, 9.17) is 4.74 Å². The molecule has 2 N–H and O–H groups in total. The molecule has 18 heavy (non-hydrogen) atoms. The minimum absolute atomic E-state index is 0.170. The van der Waals surface area contributed by atoms with Gasteiger partial charge in [0.15, 0.2) is 6.23 Å². The van der Waals surface area contributed by atoms with Gasteiger partial charge in [0, 0.05) is 12.3 Å². The molecule has 2 aromatic rings. The molecule has 0 saturated carbocycles. The summed E-state index contributed by atoms with van der Waals surface area (Å²) in [4.78, 5) is 12.3. The van der Waals surface area contributed by atoms with Gasteiger partial charge in [0.05, 0.1) is 24.1 Å². The van der Waals surface area contributed by atoms with Crippen LogP contribution >= 0.6 is 0 Å². The molecule has 0 bridgehead atoms. The van der Waals surface area contributed by atoms with Crippen LogP contribution in [0.25, 0.3) is 0 Å². The summed E-state index contributed by atoms with van der Waals surface area (Å²) in [5, 5.41) is 12.9. The number of methoxy groups -OCH3 is 1. The van der Waals surface area contributed by atoms with Gasteiger partial charge in [-0.2, -0.15) is 0 Å². The third-order valence-corrected chi connectivity index (χ3v) is 3.03. The number of carbonyl (C=O) groups excluding carboxylic acids is 1. The van der Waals surface area contributed by atoms with Crippen LogP contribution in [0.15, 0.2) is 36.5 Å². The van der Waals surface area contributed by atoms with E-state index in [0.29, 0.717) is 22.7 Å². The minimum Gasteiger partial charge on any atom is -0.497 e. The highest BCUT2D eigenvalue weighted by atomic mass is 16.5. The smallest absolute Gasteiger partial charge is 0.264 e. The van der Waals surface area contributed by atoms with Gasteiger partial charge in [-0.1, -0.05) is 0 Å². The van der Waals surface area contributed by atoms with Gasteiger partial charge in [0.2, 0.25) is 0 Å². The number of aromatic nitrogens is 1. The van der Waals surface area contributed by atoms with Crippen molar-refractivity contribution in [2.24, 2.45) is 0 Å². The lowest BCUT2D eigenvalue weighted by Crippen LogP contribution is -2.14. The van der Waals surface area contributed by atoms with E-state index in [1.165, 1.54) is 4.57 Å². The maximum absolute atomic E-state index is 12.3. The number of hydrogen-bond donors (Lipinski definition) is 2. The van der Waals surface area contributed by atoms with Crippen LogP contribution in [0.5, 0.6) is 5.75 Å². The van der Waals surface area contributed by atoms with Crippen LogP contribution in [-0.2, 0) is 0 Å². The predicted octanol–water partition coefficient (Wildman–Crippen LogP) is 1.60. The summed E-state index contributed by atoms with van der Waals surface area (Å²) < 4.78 is 6.55. The van der Waals surface area contributed by atoms with Gasteiger partial charge in [0.25, 0.3) is 5.91 Å². The Hall–Kier alpha value is -2.27. The Kier molecular flexibility index (Phi) is 2.34. The molecule has 1 atom stereocenters. The van der Waals surface area contributed by atoms with Crippen LogP contribution in [0.1, 0.15) is 22.3 Å². The lowest BCUT2D eigenvalue weighted by Gasteiger charge is -2.12. The van der Waals surface area contributed by atoms with Crippen molar-refractivity contribution in [2.75, 3.05) is 12.4 Å². The highest BCUT2D eigenvalue weighted by Gasteiger charge is 2.25. The van der Waals surface area contributed by atoms with Crippen molar-refractivity contribution >= 4 is 11.6 Å². The van der Waals surface area contributed by atoms with E-state index in [0.717, 1.165) is 0 Å². The summed E-state index contributed by atoms with van der Waals surface area (Å²) in [6.07, 6.45) is 0.722. The number of ether oxygens (including phenoxy) is 1. The molecule has 0 radical (unpaired) electrons. The molecule has 0 amide bonds. The van der Waals surface area contributed by atoms with Crippen molar-refractivity contribution in [1.29, 1.82) is 0 Å². The molecular formula is C13H12N2O3. The number of aliphatic hydroxyl groups is 1. The van der Waals surface area contributed by atoms with E-state index in [1.807, 2.05) is 0 Å². The van der Waals surface area contributed by atoms with E-state index in [-0.39, 0.29) is 5.91 Å². The minimum atomic E-state index is -0.919. The van der Waals surface area contributed by atoms with Gasteiger partial charge in [-0.15, -0.1) is 0 Å². The van der Waals surface area contributed by atoms with Gasteiger partial charge in [-0.05, 0) is 24.3 Å². The predicted molar refractivity (Wildman–Crippen MR) is 65.7 cm³/mol. The first-order valence-electron chi connectivity index (χ1n) is 5.55. The summed E-state index contributed by atoms with van der Waals surface area (Å²) in [5.74, 6) is 0.463. The number of anilines is 1. The molecule has 1 aliphatic rings. The number of rotatable bonds is 1. The van der Waals surface area contributed by atoms with Crippen LogP contribution in [-0.4, -0.2) is 22.7 Å². The fourth-order valence-corrected chi connectivity index (χ4v) is 2.11. The number of nitrogens with one attached hydrogen (secondary N) is 1. The van der Waals surface area contributed by atoms with Gasteiger partial charge in [-0.3, -0.25) is 9.36 Å². The third-order valence-electron chi connectivity index (χ3n) is 3.03. The Balaban J connectivity index is 2.18. The maximum Gasteiger partial charge on any atom is 0.264 e. The normalized spacial score (nSPS) is 17.4. The Morgan fingerprint density at radius 1 is 1.39 bits per heavy atom. The van der Waals surface area contributed by atoms with Gasteiger partial charge < -0.3 is 15.2 Å². The molecule has 0 saturated heterocycles. The number of nitrogens with zero attached hydrogens (tertiary/aromatic N) is 1. The molecule has 92 valence electrons. The van der Waals surface area contributed by atoms with E-state index in [1.54, 1.807) is 43.6 Å². The number of carbonyl (C=O) groups is 1. The quantitative estimate of drug-likeness (QED) is 0.799. The summed E-state index contributed by atoms with van der Waals surface area (Å²) >= 11 is 0. The third kappa shape index (κ3) is 1.48. The zero-order valence-corrected chi connectivity index (χ0v) is 9.75. The van der Waals surface area contributed by atoms with Crippen molar-refractivity contribution in [1.82, 2.24) is 4.57 Å². The number of benzene rings is 1. The average Bonchev–Trinajstić information content (AvgIpc) is 2.83. The van der Waals surface area contributed by atoms with Crippen LogP contribution in [0.2, 0.25) is 0 Å². The molecule has 1 aliphatic heterocycles. The van der Waals surface area contributed by atoms with Crippen LogP contribution < -0.4 is 10.1 Å². The summed E-state index contributed by atoms with van der Waals surface area (Å²) in [6, 6.07) is 8.54. The molecule has 0 spiro atoms. The van der Waals surface area contributed by atoms with E-state index in [2.05, 4.69) is 5.32 Å². The second-order valence-electron chi connectivity index (χ2n) is 4.07. The summed E-state index contributed by atoms with van der Waals surface area (Å²) in [7, 11) is 1.56. The number of hydrogen-bond acceptors (Lipinski definition) is 4. The maximum atomic E-state index is 12.3. The average molecular weight is 244 g/mol. The Morgan fingerprint density at radius 3 is 3.00 bits per heavy atom. The zero-order valence-electron chi connectivity index (χ0n) is 9.75. The van der Waals surface area contributed by atoms with Crippen molar-refractivity contribution in [3.05, 3.63) is 47.8 Å². The SMILES string of the molecule is COc1ccc2c(c1)NC(O)c1cccn1C2=O. The van der Waals surface area contributed by atoms with E-state index >= 15 is 0 Å². The fourth-order valence-electron chi connectivity index (χ4n) is 2.11. The van der Waals surface area contributed by atoms with Gasteiger partial charge >= 0.3 is 0 Å². The molecule has 3 rings (SSSR count). The van der Waals surface area contributed by atoms with Crippen molar-refractivity contribution in [3.8, 4) is 5.75 Å². The van der Waals surface area contributed by atoms with Crippen LogP contribution in [0, 0.1) is 0 Å². The van der Waals surface area contributed by atoms with Gasteiger partial charge in [-0.25, -0.2) is 0 Å². The van der Waals surface area contributed by atoms with Crippen molar-refractivity contribution in [2.45, 2.75) is 6.23 Å². The molecular weight excluding hydrogens is 232 g/mol. The highest BCUT2D eigenvalue weighted by molar-refractivity contribution is 6.02. The molecule has 0 aliphatic carbocycles. The first-order chi connectivity index (χ1) is 8.70. The Labute approximate surface area is 104 Å². The van der Waals surface area contributed by atoms with Crippen molar-refractivity contribution in [3.63, 3.8) is 0 Å². The number of aliphatic hydroxyl groups excluding tert-OH is 1. The van der Waals surface area contributed by atoms with E-state index < -0.39 is 6.23 Å². The molecule has 2 heterocycles. The monoisotopic (exact) mass is 244 g/mol. The van der Waals surface area contributed by atoms with Crippen LogP contribution in [0.3, 0.4) is 0 Å². The molecule has 5 heteroatoms. The molecule has 1 aromatic heterocycles. The molecule has 1 aromatic carbocycles. The zero-order chi connectivity index (χ0) is 12.7. The van der Waals surface area contributed by atoms with Crippen molar-refractivity contribution < 1.29 is 14.6 Å². The highest BCUT2D eigenvalue weighted by Crippen LogP contribution is 2.30. The molecule has 1 unspecified atom stereocenters. The first kappa shape index (κ1) is 10.9. The molecule has 0 fully saturated rings. The standard InChI is InChI=1S/C13H12N2O3/c1-18-8-4-5-9-10(7-8)14-12(16)11-3-2-6-15(11)13(9)17/h2-7,12,14,16H,1H3. The molecule has 5 nitrogen and oxygen atoms in total. The first-order valence-corrected chi connectivity index (χ1v) is 5.55. The second kappa shape index (κ2) is 3.89. The lowest BCUT2D eigenvalue weighted by molar-refractivity contribution is 0.0950. The van der Waals surface area contributed by atoms with Crippen LogP contribution in [0.4, 0.5) is 5.69 Å². The number of fused-ring (bicyclic) bond motifs is 2. The second-order valence-corrected chi connectivity index (χ2v) is 4.07. The lowest BCUT2D eigenvalue weighted by atomic mass is 10.1.